The van der Waals surface area contributed by atoms with Gasteiger partial charge in [-0.05, 0) is 72.5 Å². The Labute approximate surface area is 311 Å². The van der Waals surface area contributed by atoms with E-state index in [0.29, 0.717) is 5.39 Å². The van der Waals surface area contributed by atoms with E-state index < -0.39 is 55.6 Å². The maximum atomic E-state index is 13.8. The minimum absolute atomic E-state index is 0. The van der Waals surface area contributed by atoms with Gasteiger partial charge in [0.05, 0.1) is 26.1 Å². The SMILES string of the molecule is C=C(Br)C([O-])=Nc1ccc(N=Nc2cc(N)cc3cc(S(=O)(=O)[O-])ccc23)c(S(=O)(=O)c2ccc(C)c(S(=O)(=O)O)c2)c1.[Na+].[Na+]. The Morgan fingerprint density at radius 1 is 0.844 bits per heavy atom. The average molecular weight is 754 g/mol. The first-order chi connectivity index (χ1) is 19.9. The van der Waals surface area contributed by atoms with E-state index in [1.165, 1.54) is 43.3 Å². The second-order valence-electron chi connectivity index (χ2n) is 8.96. The number of aliphatic imine (C=N–C) groups is 1. The van der Waals surface area contributed by atoms with Crippen LogP contribution in [0.5, 0.6) is 0 Å². The summed E-state index contributed by atoms with van der Waals surface area (Å²) in [6.07, 6.45) is 0. The third-order valence-corrected chi connectivity index (χ3v) is 9.87. The van der Waals surface area contributed by atoms with Crippen LogP contribution in [-0.4, -0.2) is 40.3 Å². The summed E-state index contributed by atoms with van der Waals surface area (Å²) in [4.78, 5) is 1.62. The van der Waals surface area contributed by atoms with E-state index in [-0.39, 0.29) is 97.3 Å². The smallest absolute Gasteiger partial charge is 0.858 e. The fourth-order valence-electron chi connectivity index (χ4n) is 3.90. The molecule has 0 aliphatic heterocycles. The molecular weight excluding hydrogens is 734 g/mol. The van der Waals surface area contributed by atoms with Crippen molar-refractivity contribution in [1.29, 1.82) is 0 Å². The molecule has 0 bridgehead atoms. The molecule has 0 saturated heterocycles. The molecule has 0 spiro atoms. The zero-order valence-corrected chi connectivity index (χ0v) is 31.8. The summed E-state index contributed by atoms with van der Waals surface area (Å²) in [5, 5.41) is 20.9. The van der Waals surface area contributed by atoms with E-state index in [1.54, 1.807) is 0 Å². The molecule has 0 aliphatic rings. The van der Waals surface area contributed by atoms with E-state index in [2.05, 4.69) is 37.7 Å². The molecule has 0 aliphatic carbocycles. The Hall–Kier alpha value is -2.00. The van der Waals surface area contributed by atoms with E-state index >= 15 is 0 Å². The molecule has 0 amide bonds. The Morgan fingerprint density at radius 3 is 2.07 bits per heavy atom. The van der Waals surface area contributed by atoms with Crippen molar-refractivity contribution >= 4 is 85.4 Å². The van der Waals surface area contributed by atoms with Crippen molar-refractivity contribution < 1.29 is 98.6 Å². The molecule has 4 rings (SSSR count). The molecule has 3 N–H and O–H groups in total. The molecule has 0 atom stereocenters. The zero-order chi connectivity index (χ0) is 31.9. The number of nitrogen functional groups attached to an aromatic ring is 1. The fraction of sp³-hybridized carbons (Fsp3) is 0.0385. The van der Waals surface area contributed by atoms with Crippen molar-refractivity contribution in [2.75, 3.05) is 5.73 Å². The standard InChI is InChI=1S/C26H21BrN4O9S3.2Na/c1-14-3-5-19(13-24(14)43(38,39)40)41(33,34)25-12-18(29-26(32)15(2)27)4-8-22(25)30-31-23-11-17(28)9-16-10-20(42(35,36)37)6-7-21(16)23;;/h3-13H,2,28H2,1H3,(H,29,32)(H,35,36,37)(H,38,39,40);;/q;2*+1/p-2. The van der Waals surface area contributed by atoms with Crippen LogP contribution < -0.4 is 70.0 Å². The number of halogens is 1. The number of sulfone groups is 1. The number of fused-ring (bicyclic) bond motifs is 1. The van der Waals surface area contributed by atoms with Gasteiger partial charge in [-0.25, -0.2) is 16.8 Å². The quantitative estimate of drug-likeness (QED) is 0.0525. The number of aryl methyl sites for hydroxylation is 1. The molecule has 0 heterocycles. The van der Waals surface area contributed by atoms with Crippen LogP contribution in [0.3, 0.4) is 0 Å². The van der Waals surface area contributed by atoms with E-state index in [4.69, 9.17) is 5.73 Å². The molecule has 0 unspecified atom stereocenters. The summed E-state index contributed by atoms with van der Waals surface area (Å²) >= 11 is 2.90. The van der Waals surface area contributed by atoms with Crippen molar-refractivity contribution in [2.45, 2.75) is 26.5 Å². The van der Waals surface area contributed by atoms with Crippen LogP contribution in [0.15, 0.2) is 113 Å². The minimum atomic E-state index is -4.78. The van der Waals surface area contributed by atoms with Crippen LogP contribution in [0.1, 0.15) is 5.56 Å². The summed E-state index contributed by atoms with van der Waals surface area (Å²) in [5.74, 6) is -0.799. The van der Waals surface area contributed by atoms with Gasteiger partial charge in [0, 0.05) is 21.5 Å². The van der Waals surface area contributed by atoms with Crippen molar-refractivity contribution in [3.05, 3.63) is 83.4 Å². The van der Waals surface area contributed by atoms with Gasteiger partial charge in [-0.3, -0.25) is 9.55 Å². The molecule has 45 heavy (non-hydrogen) atoms. The van der Waals surface area contributed by atoms with Gasteiger partial charge in [-0.2, -0.15) is 8.42 Å². The normalized spacial score (nSPS) is 12.5. The third kappa shape index (κ3) is 9.09. The number of nitrogens with two attached hydrogens (primary N) is 1. The van der Waals surface area contributed by atoms with Gasteiger partial charge in [0.2, 0.25) is 9.84 Å². The van der Waals surface area contributed by atoms with Gasteiger partial charge in [0.15, 0.2) is 0 Å². The number of nitrogens with zero attached hydrogens (tertiary/aromatic N) is 3. The summed E-state index contributed by atoms with van der Waals surface area (Å²) in [6, 6.07) is 12.9. The number of hydrogen-bond donors (Lipinski definition) is 2. The summed E-state index contributed by atoms with van der Waals surface area (Å²) in [6.45, 7) is 4.79. The Morgan fingerprint density at radius 2 is 1.47 bits per heavy atom. The maximum Gasteiger partial charge on any atom is 1.00 e. The molecule has 19 heteroatoms. The van der Waals surface area contributed by atoms with Gasteiger partial charge in [-0.1, -0.05) is 34.6 Å². The molecule has 0 radical (unpaired) electrons. The molecule has 13 nitrogen and oxygen atoms in total. The first-order valence-corrected chi connectivity index (χ1v) is 16.8. The first-order valence-electron chi connectivity index (χ1n) is 11.7. The van der Waals surface area contributed by atoms with Gasteiger partial charge < -0.3 is 15.4 Å². The van der Waals surface area contributed by atoms with Crippen LogP contribution >= 0.6 is 15.9 Å². The summed E-state index contributed by atoms with van der Waals surface area (Å²) in [5.41, 5.74) is 5.89. The predicted octanol–water partition coefficient (Wildman–Crippen LogP) is -1.56. The molecule has 0 aromatic heterocycles. The van der Waals surface area contributed by atoms with Crippen LogP contribution in [-0.2, 0) is 30.1 Å². The molecule has 4 aromatic carbocycles. The maximum absolute atomic E-state index is 13.8. The topological polar surface area (TPSA) is 232 Å². The minimum Gasteiger partial charge on any atom is -0.858 e. The molecule has 4 aromatic rings. The largest absolute Gasteiger partial charge is 1.00 e. The number of azo groups is 1. The summed E-state index contributed by atoms with van der Waals surface area (Å²) in [7, 11) is -14.1. The van der Waals surface area contributed by atoms with E-state index in [0.717, 1.165) is 30.3 Å². The van der Waals surface area contributed by atoms with Crippen LogP contribution in [0.4, 0.5) is 22.7 Å². The van der Waals surface area contributed by atoms with Gasteiger partial charge in [-0.15, -0.1) is 10.2 Å². The molecule has 0 fully saturated rings. The van der Waals surface area contributed by atoms with E-state index in [9.17, 15) is 39.5 Å². The van der Waals surface area contributed by atoms with Crippen LogP contribution in [0.25, 0.3) is 10.8 Å². The van der Waals surface area contributed by atoms with Crippen LogP contribution in [0, 0.1) is 6.92 Å². The van der Waals surface area contributed by atoms with Gasteiger partial charge >= 0.3 is 59.1 Å². The first kappa shape index (κ1) is 39.2. The third-order valence-electron chi connectivity index (χ3n) is 5.92. The Bertz CT molecular complexity index is 2230. The predicted molar refractivity (Wildman–Crippen MR) is 159 cm³/mol. The van der Waals surface area contributed by atoms with Gasteiger partial charge in [0.1, 0.15) is 20.7 Å². The van der Waals surface area contributed by atoms with E-state index in [1.807, 2.05) is 0 Å². The number of anilines is 1. The second kappa shape index (κ2) is 14.8. The Balaban J connectivity index is 0.00000353. The Kier molecular flexibility index (Phi) is 12.9. The van der Waals surface area contributed by atoms with Crippen molar-refractivity contribution in [2.24, 2.45) is 15.2 Å². The monoisotopic (exact) mass is 752 g/mol. The average Bonchev–Trinajstić information content (AvgIpc) is 2.90. The second-order valence-corrected chi connectivity index (χ2v) is 14.6. The molecule has 0 saturated carbocycles. The summed E-state index contributed by atoms with van der Waals surface area (Å²) < 4.78 is 95.1. The zero-order valence-electron chi connectivity index (χ0n) is 23.8. The van der Waals surface area contributed by atoms with Gasteiger partial charge in [0.25, 0.3) is 10.1 Å². The number of rotatable bonds is 8. The number of hydrogen-bond acceptors (Lipinski definition) is 12. The molecule has 224 valence electrons. The number of benzene rings is 4. The fourth-order valence-corrected chi connectivity index (χ4v) is 6.75. The van der Waals surface area contributed by atoms with Crippen molar-refractivity contribution in [3.8, 4) is 0 Å². The van der Waals surface area contributed by atoms with Crippen LogP contribution in [0.2, 0.25) is 0 Å². The van der Waals surface area contributed by atoms with Crippen molar-refractivity contribution in [3.63, 3.8) is 0 Å². The molecular formula is C26H19BrN4Na2O9S3. The van der Waals surface area contributed by atoms with Crippen molar-refractivity contribution in [1.82, 2.24) is 0 Å².